The van der Waals surface area contributed by atoms with Gasteiger partial charge < -0.3 is 28.4 Å². The van der Waals surface area contributed by atoms with Crippen LogP contribution in [0.2, 0.25) is 0 Å². The number of hydrogen-bond donors (Lipinski definition) is 0. The van der Waals surface area contributed by atoms with Crippen molar-refractivity contribution in [2.45, 2.75) is 97.3 Å². The molecule has 208 valence electrons. The maximum absolute atomic E-state index is 11.6. The highest BCUT2D eigenvalue weighted by Crippen LogP contribution is 2.08. The summed E-state index contributed by atoms with van der Waals surface area (Å²) < 4.78 is 31.9. The average molecular weight is 505 g/mol. The number of ether oxygens (including phenoxy) is 6. The molecule has 0 aromatic heterocycles. The number of carbonyl (C=O) groups excluding carboxylic acids is 2. The van der Waals surface area contributed by atoms with Crippen molar-refractivity contribution >= 4 is 11.9 Å². The van der Waals surface area contributed by atoms with Crippen LogP contribution in [0, 0.1) is 0 Å². The molecule has 0 aromatic rings. The van der Waals surface area contributed by atoms with Crippen LogP contribution in [-0.2, 0) is 38.0 Å². The van der Waals surface area contributed by atoms with E-state index in [1.807, 2.05) is 0 Å². The van der Waals surface area contributed by atoms with Gasteiger partial charge in [-0.3, -0.25) is 9.59 Å². The third-order valence-corrected chi connectivity index (χ3v) is 5.32. The summed E-state index contributed by atoms with van der Waals surface area (Å²) in [6.45, 7) is 8.49. The van der Waals surface area contributed by atoms with Crippen molar-refractivity contribution in [2.24, 2.45) is 0 Å². The van der Waals surface area contributed by atoms with E-state index in [4.69, 9.17) is 28.4 Å². The summed E-state index contributed by atoms with van der Waals surface area (Å²) in [4.78, 5) is 23.1. The van der Waals surface area contributed by atoms with Crippen molar-refractivity contribution in [1.82, 2.24) is 0 Å². The SMILES string of the molecule is CCCCCCCCCC(=O)OCCOCCOCCOCCOCCOC(=O)CCCCCC. The zero-order valence-electron chi connectivity index (χ0n) is 22.5. The van der Waals surface area contributed by atoms with Crippen LogP contribution >= 0.6 is 0 Å². The summed E-state index contributed by atoms with van der Waals surface area (Å²) >= 11 is 0. The van der Waals surface area contributed by atoms with E-state index in [0.717, 1.165) is 38.5 Å². The molecule has 0 saturated carbocycles. The Bertz CT molecular complexity index is 458. The Hall–Kier alpha value is -1.22. The predicted octanol–water partition coefficient (Wildman–Crippen LogP) is 5.25. The maximum atomic E-state index is 11.6. The van der Waals surface area contributed by atoms with Crippen LogP contribution in [0.5, 0.6) is 0 Å². The highest BCUT2D eigenvalue weighted by Gasteiger charge is 2.03. The van der Waals surface area contributed by atoms with E-state index in [1.54, 1.807) is 0 Å². The van der Waals surface area contributed by atoms with Crippen LogP contribution in [0.1, 0.15) is 97.3 Å². The number of hydrogen-bond acceptors (Lipinski definition) is 8. The first-order valence-corrected chi connectivity index (χ1v) is 13.8. The lowest BCUT2D eigenvalue weighted by Gasteiger charge is -2.08. The van der Waals surface area contributed by atoms with Crippen molar-refractivity contribution in [3.05, 3.63) is 0 Å². The lowest BCUT2D eigenvalue weighted by Crippen LogP contribution is -2.15. The molecule has 0 aromatic carbocycles. The summed E-state index contributed by atoms with van der Waals surface area (Å²) in [7, 11) is 0. The van der Waals surface area contributed by atoms with E-state index in [9.17, 15) is 9.59 Å². The van der Waals surface area contributed by atoms with Gasteiger partial charge in [0.15, 0.2) is 0 Å². The van der Waals surface area contributed by atoms with Gasteiger partial charge in [0.1, 0.15) is 13.2 Å². The topological polar surface area (TPSA) is 89.5 Å². The zero-order chi connectivity index (χ0) is 25.7. The maximum Gasteiger partial charge on any atom is 0.305 e. The number of esters is 2. The summed E-state index contributed by atoms with van der Waals surface area (Å²) in [5.41, 5.74) is 0. The van der Waals surface area contributed by atoms with Crippen molar-refractivity contribution in [2.75, 3.05) is 66.1 Å². The van der Waals surface area contributed by atoms with E-state index in [0.29, 0.717) is 65.7 Å². The minimum absolute atomic E-state index is 0.140. The zero-order valence-corrected chi connectivity index (χ0v) is 22.5. The number of rotatable bonds is 28. The van der Waals surface area contributed by atoms with E-state index >= 15 is 0 Å². The fourth-order valence-corrected chi connectivity index (χ4v) is 3.26. The van der Waals surface area contributed by atoms with Crippen LogP contribution in [-0.4, -0.2) is 78.0 Å². The van der Waals surface area contributed by atoms with Crippen molar-refractivity contribution < 1.29 is 38.0 Å². The first-order valence-electron chi connectivity index (χ1n) is 13.8. The quantitative estimate of drug-likeness (QED) is 0.105. The molecular weight excluding hydrogens is 452 g/mol. The fourth-order valence-electron chi connectivity index (χ4n) is 3.26. The first-order chi connectivity index (χ1) is 17.2. The van der Waals surface area contributed by atoms with E-state index < -0.39 is 0 Å². The third kappa shape index (κ3) is 28.9. The molecule has 0 spiro atoms. The Morgan fingerprint density at radius 1 is 0.400 bits per heavy atom. The first kappa shape index (κ1) is 33.8. The Morgan fingerprint density at radius 2 is 0.686 bits per heavy atom. The molecule has 35 heavy (non-hydrogen) atoms. The van der Waals surface area contributed by atoms with Crippen LogP contribution < -0.4 is 0 Å². The normalized spacial score (nSPS) is 11.0. The molecule has 0 saturated heterocycles. The average Bonchev–Trinajstić information content (AvgIpc) is 2.85. The van der Waals surface area contributed by atoms with Gasteiger partial charge in [0.05, 0.1) is 52.9 Å². The van der Waals surface area contributed by atoms with Crippen molar-refractivity contribution in [3.8, 4) is 0 Å². The molecule has 0 aliphatic rings. The minimum atomic E-state index is -0.151. The Morgan fingerprint density at radius 3 is 1.06 bits per heavy atom. The standard InChI is InChI=1S/C27H52O8/c1-3-5-7-9-10-11-13-15-27(29)35-25-23-33-21-19-31-17-16-30-18-20-32-22-24-34-26(28)14-12-8-6-4-2/h3-25H2,1-2H3. The second kappa shape index (κ2) is 29.0. The molecule has 0 amide bonds. The molecule has 0 atom stereocenters. The van der Waals surface area contributed by atoms with Crippen LogP contribution in [0.4, 0.5) is 0 Å². The summed E-state index contributed by atoms with van der Waals surface area (Å²) in [5.74, 6) is -0.291. The highest BCUT2D eigenvalue weighted by atomic mass is 16.6. The molecule has 8 heteroatoms. The summed E-state index contributed by atoms with van der Waals surface area (Å²) in [6.07, 6.45) is 13.6. The molecular formula is C27H52O8. The van der Waals surface area contributed by atoms with Gasteiger partial charge in [0, 0.05) is 12.8 Å². The lowest BCUT2D eigenvalue weighted by atomic mass is 10.1. The van der Waals surface area contributed by atoms with Gasteiger partial charge in [0.25, 0.3) is 0 Å². The van der Waals surface area contributed by atoms with Gasteiger partial charge in [-0.25, -0.2) is 0 Å². The van der Waals surface area contributed by atoms with Gasteiger partial charge in [-0.05, 0) is 12.8 Å². The van der Waals surface area contributed by atoms with Gasteiger partial charge in [0.2, 0.25) is 0 Å². The van der Waals surface area contributed by atoms with Gasteiger partial charge in [-0.2, -0.15) is 0 Å². The molecule has 0 heterocycles. The molecule has 0 aliphatic heterocycles. The number of carbonyl (C=O) groups is 2. The lowest BCUT2D eigenvalue weighted by molar-refractivity contribution is -0.146. The van der Waals surface area contributed by atoms with Crippen LogP contribution in [0.3, 0.4) is 0 Å². The van der Waals surface area contributed by atoms with Gasteiger partial charge in [-0.1, -0.05) is 71.6 Å². The smallest absolute Gasteiger partial charge is 0.305 e. The molecule has 0 fully saturated rings. The van der Waals surface area contributed by atoms with Crippen LogP contribution in [0.15, 0.2) is 0 Å². The van der Waals surface area contributed by atoms with Gasteiger partial charge >= 0.3 is 11.9 Å². The highest BCUT2D eigenvalue weighted by molar-refractivity contribution is 5.69. The second-order valence-electron chi connectivity index (χ2n) is 8.57. The molecule has 8 nitrogen and oxygen atoms in total. The summed E-state index contributed by atoms with van der Waals surface area (Å²) in [5, 5.41) is 0. The predicted molar refractivity (Wildman–Crippen MR) is 137 cm³/mol. The van der Waals surface area contributed by atoms with Crippen LogP contribution in [0.25, 0.3) is 0 Å². The van der Waals surface area contributed by atoms with Gasteiger partial charge in [-0.15, -0.1) is 0 Å². The second-order valence-corrected chi connectivity index (χ2v) is 8.57. The van der Waals surface area contributed by atoms with E-state index in [-0.39, 0.29) is 25.2 Å². The molecule has 0 unspecified atom stereocenters. The Kier molecular flexibility index (Phi) is 28.0. The Labute approximate surface area is 213 Å². The molecule has 0 rings (SSSR count). The third-order valence-electron chi connectivity index (χ3n) is 5.32. The largest absolute Gasteiger partial charge is 0.463 e. The van der Waals surface area contributed by atoms with Crippen molar-refractivity contribution in [1.29, 1.82) is 0 Å². The molecule has 0 radical (unpaired) electrons. The fraction of sp³-hybridized carbons (Fsp3) is 0.926. The summed E-state index contributed by atoms with van der Waals surface area (Å²) in [6, 6.07) is 0. The Balaban J connectivity index is 3.18. The van der Waals surface area contributed by atoms with E-state index in [1.165, 1.54) is 32.1 Å². The minimum Gasteiger partial charge on any atom is -0.463 e. The van der Waals surface area contributed by atoms with Crippen molar-refractivity contribution in [3.63, 3.8) is 0 Å². The monoisotopic (exact) mass is 504 g/mol. The molecule has 0 N–H and O–H groups in total. The number of unbranched alkanes of at least 4 members (excludes halogenated alkanes) is 9. The van der Waals surface area contributed by atoms with E-state index in [2.05, 4.69) is 13.8 Å². The molecule has 0 aliphatic carbocycles. The molecule has 0 bridgehead atoms.